The number of carboxylic acid groups (broad SMARTS) is 1. The summed E-state index contributed by atoms with van der Waals surface area (Å²) >= 11 is 0. The van der Waals surface area contributed by atoms with Gasteiger partial charge in [0.1, 0.15) is 4.90 Å². The summed E-state index contributed by atoms with van der Waals surface area (Å²) in [6.45, 7) is 0. The predicted molar refractivity (Wildman–Crippen MR) is 182 cm³/mol. The Morgan fingerprint density at radius 2 is 1.44 bits per heavy atom. The van der Waals surface area contributed by atoms with Crippen molar-refractivity contribution in [1.82, 2.24) is 0 Å². The molecule has 0 bridgehead atoms. The lowest BCUT2D eigenvalue weighted by molar-refractivity contribution is -0.118. The second-order valence-electron chi connectivity index (χ2n) is 14.8. The second kappa shape index (κ2) is 13.3. The molecule has 4 aliphatic carbocycles. The van der Waals surface area contributed by atoms with E-state index in [0.717, 1.165) is 102 Å². The quantitative estimate of drug-likeness (QED) is 0.270. The zero-order chi connectivity index (χ0) is 31.8. The Bertz CT molecular complexity index is 1460. The highest BCUT2D eigenvalue weighted by Crippen LogP contribution is 2.72. The van der Waals surface area contributed by atoms with E-state index in [0.29, 0.717) is 28.1 Å². The Hall–Kier alpha value is -1.90. The molecule has 3 saturated carbocycles. The van der Waals surface area contributed by atoms with Crippen LogP contribution in [-0.4, -0.2) is 51.8 Å². The van der Waals surface area contributed by atoms with Crippen molar-refractivity contribution in [3.63, 3.8) is 0 Å². The Morgan fingerprint density at radius 1 is 0.822 bits per heavy atom. The van der Waals surface area contributed by atoms with Crippen molar-refractivity contribution < 1.29 is 27.7 Å². The maximum atomic E-state index is 14.5. The van der Waals surface area contributed by atoms with Crippen LogP contribution < -0.4 is 0 Å². The van der Waals surface area contributed by atoms with Gasteiger partial charge in [0.2, 0.25) is 0 Å². The lowest BCUT2D eigenvalue weighted by atomic mass is 9.75. The van der Waals surface area contributed by atoms with E-state index >= 15 is 0 Å². The third kappa shape index (κ3) is 6.25. The molecule has 5 aliphatic rings. The topological polar surface area (TPSA) is 109 Å². The highest BCUT2D eigenvalue weighted by molar-refractivity contribution is 8.35. The minimum Gasteiger partial charge on any atom is -0.478 e. The van der Waals surface area contributed by atoms with Crippen LogP contribution in [0.15, 0.2) is 40.8 Å². The molecule has 8 heteroatoms. The summed E-state index contributed by atoms with van der Waals surface area (Å²) in [6.07, 6.45) is 26.9. The van der Waals surface area contributed by atoms with Crippen molar-refractivity contribution in [1.29, 1.82) is 0 Å². The molecular formula is C37H52O6S2. The van der Waals surface area contributed by atoms with Crippen LogP contribution in [0.3, 0.4) is 0 Å². The van der Waals surface area contributed by atoms with Gasteiger partial charge in [0.15, 0.2) is 5.78 Å². The van der Waals surface area contributed by atoms with E-state index in [9.17, 15) is 27.7 Å². The predicted octanol–water partition coefficient (Wildman–Crippen LogP) is 9.10. The Labute approximate surface area is 271 Å². The number of allylic oxidation sites excluding steroid dienone is 4. The fourth-order valence-electron chi connectivity index (χ4n) is 10.1. The zero-order valence-electron chi connectivity index (χ0n) is 27.0. The molecule has 45 heavy (non-hydrogen) atoms. The summed E-state index contributed by atoms with van der Waals surface area (Å²) in [5, 5.41) is 10.5. The zero-order valence-corrected chi connectivity index (χ0v) is 28.6. The third-order valence-corrected chi connectivity index (χ3v) is 18.8. The van der Waals surface area contributed by atoms with Gasteiger partial charge in [-0.2, -0.15) is 8.42 Å². The van der Waals surface area contributed by atoms with E-state index in [1.807, 2.05) is 0 Å². The SMILES string of the molecule is CS1(C2(C(=O)C3=CCCC=C3)CCCCC2)CCCC1C1CCC(c2cc(C(=O)O)cc(C3CCCCC3)c2S(=O)(=O)O)CC1. The molecule has 0 radical (unpaired) electrons. The highest BCUT2D eigenvalue weighted by atomic mass is 32.3. The van der Waals surface area contributed by atoms with Gasteiger partial charge in [-0.05, 0) is 135 Å². The standard InChI is InChI=1S/C37H52O6S2/c1-44(37(21-9-4-10-22-37)35(38)29-14-7-3-8-15-29)23-11-16-33(44)28-19-17-27(18-20-28)32-25-30(36(39)40)24-31(34(32)45(41,42)43)26-12-5-2-6-13-26/h7,14-15,24-28,33H,2-6,8-13,16-23H2,1H3,(H,39,40)(H,41,42,43). The van der Waals surface area contributed by atoms with E-state index in [4.69, 9.17) is 0 Å². The van der Waals surface area contributed by atoms with E-state index < -0.39 is 26.1 Å². The van der Waals surface area contributed by atoms with Crippen molar-refractivity contribution in [2.45, 2.75) is 142 Å². The Morgan fingerprint density at radius 3 is 2.02 bits per heavy atom. The van der Waals surface area contributed by atoms with Crippen molar-refractivity contribution in [2.24, 2.45) is 5.92 Å². The van der Waals surface area contributed by atoms with E-state index in [1.54, 1.807) is 0 Å². The molecule has 1 aromatic carbocycles. The number of hydrogen-bond acceptors (Lipinski definition) is 4. The largest absolute Gasteiger partial charge is 0.478 e. The van der Waals surface area contributed by atoms with E-state index in [2.05, 4.69) is 24.5 Å². The van der Waals surface area contributed by atoms with Crippen LogP contribution in [0.1, 0.15) is 149 Å². The number of carbonyl (C=O) groups excluding carboxylic acids is 1. The number of aromatic carboxylic acids is 1. The Balaban J connectivity index is 1.29. The summed E-state index contributed by atoms with van der Waals surface area (Å²) in [4.78, 5) is 26.7. The van der Waals surface area contributed by atoms with Crippen LogP contribution in [0, 0.1) is 5.92 Å². The molecule has 1 heterocycles. The fraction of sp³-hybridized carbons (Fsp3) is 0.676. The van der Waals surface area contributed by atoms with Gasteiger partial charge < -0.3 is 5.11 Å². The molecule has 1 aromatic rings. The van der Waals surface area contributed by atoms with E-state index in [-0.39, 0.29) is 27.0 Å². The molecular weight excluding hydrogens is 605 g/mol. The fourth-order valence-corrected chi connectivity index (χ4v) is 16.8. The number of Topliss-reactive ketones (excluding diaryl/α,β-unsaturated/α-hetero) is 1. The van der Waals surface area contributed by atoms with Gasteiger partial charge in [0.25, 0.3) is 10.1 Å². The summed E-state index contributed by atoms with van der Waals surface area (Å²) in [5.41, 5.74) is 2.08. The number of carbonyl (C=O) groups is 2. The van der Waals surface area contributed by atoms with Crippen molar-refractivity contribution in [3.05, 3.63) is 52.6 Å². The number of ketones is 1. The molecule has 2 N–H and O–H groups in total. The summed E-state index contributed by atoms with van der Waals surface area (Å²) < 4.78 is 36.3. The van der Waals surface area contributed by atoms with Crippen molar-refractivity contribution >= 4 is 31.9 Å². The molecule has 0 amide bonds. The smallest absolute Gasteiger partial charge is 0.335 e. The van der Waals surface area contributed by atoms with Crippen molar-refractivity contribution in [2.75, 3.05) is 12.0 Å². The van der Waals surface area contributed by atoms with Gasteiger partial charge in [0, 0.05) is 5.57 Å². The first kappa shape index (κ1) is 33.0. The lowest BCUT2D eigenvalue weighted by Gasteiger charge is -2.58. The maximum Gasteiger partial charge on any atom is 0.335 e. The van der Waals surface area contributed by atoms with Crippen LogP contribution in [-0.2, 0) is 14.9 Å². The summed E-state index contributed by atoms with van der Waals surface area (Å²) in [6, 6.07) is 3.05. The van der Waals surface area contributed by atoms with Crippen molar-refractivity contribution in [3.8, 4) is 0 Å². The Kier molecular flexibility index (Phi) is 9.76. The minimum atomic E-state index is -4.53. The molecule has 2 unspecified atom stereocenters. The van der Waals surface area contributed by atoms with Gasteiger partial charge in [-0.1, -0.05) is 56.8 Å². The number of benzene rings is 1. The second-order valence-corrected chi connectivity index (χ2v) is 20.2. The first-order valence-electron chi connectivity index (χ1n) is 17.6. The minimum absolute atomic E-state index is 0.0141. The van der Waals surface area contributed by atoms with Crippen LogP contribution in [0.5, 0.6) is 0 Å². The molecule has 1 aliphatic heterocycles. The van der Waals surface area contributed by atoms with Crippen LogP contribution in [0.25, 0.3) is 0 Å². The molecule has 0 aromatic heterocycles. The highest BCUT2D eigenvalue weighted by Gasteiger charge is 2.57. The molecule has 2 atom stereocenters. The molecule has 0 spiro atoms. The van der Waals surface area contributed by atoms with Gasteiger partial charge in [0.05, 0.1) is 10.3 Å². The maximum absolute atomic E-state index is 14.5. The molecule has 1 saturated heterocycles. The molecule has 6 rings (SSSR count). The monoisotopic (exact) mass is 656 g/mol. The third-order valence-electron chi connectivity index (χ3n) is 12.4. The van der Waals surface area contributed by atoms with Gasteiger partial charge in [-0.3, -0.25) is 9.35 Å². The van der Waals surface area contributed by atoms with Gasteiger partial charge >= 0.3 is 5.97 Å². The van der Waals surface area contributed by atoms with Crippen LogP contribution >= 0.6 is 10.0 Å². The van der Waals surface area contributed by atoms with Gasteiger partial charge in [-0.15, -0.1) is 0 Å². The molecule has 6 nitrogen and oxygen atoms in total. The molecule has 248 valence electrons. The first-order chi connectivity index (χ1) is 21.5. The van der Waals surface area contributed by atoms with Crippen LogP contribution in [0.4, 0.5) is 0 Å². The summed E-state index contributed by atoms with van der Waals surface area (Å²) in [7, 11) is -5.78. The number of hydrogen-bond donors (Lipinski definition) is 2. The average molecular weight is 657 g/mol. The van der Waals surface area contributed by atoms with Crippen LogP contribution in [0.2, 0.25) is 0 Å². The number of rotatable bonds is 8. The number of carboxylic acids is 1. The van der Waals surface area contributed by atoms with E-state index in [1.165, 1.54) is 37.1 Å². The van der Waals surface area contributed by atoms with Gasteiger partial charge in [-0.25, -0.2) is 14.8 Å². The lowest BCUT2D eigenvalue weighted by Crippen LogP contribution is -2.50. The molecule has 4 fully saturated rings. The first-order valence-corrected chi connectivity index (χ1v) is 21.3. The normalized spacial score (nSPS) is 32.4. The summed E-state index contributed by atoms with van der Waals surface area (Å²) in [5.74, 6) is 0.852. The average Bonchev–Trinajstić information content (AvgIpc) is 3.47.